The normalized spacial score (nSPS) is 20.4. The van der Waals surface area contributed by atoms with Gasteiger partial charge in [0, 0.05) is 31.3 Å². The monoisotopic (exact) mass is 257 g/mol. The first-order chi connectivity index (χ1) is 9.30. The maximum atomic E-state index is 5.76. The lowest BCUT2D eigenvalue weighted by Gasteiger charge is -2.16. The summed E-state index contributed by atoms with van der Waals surface area (Å²) in [6.07, 6.45) is 3.43. The van der Waals surface area contributed by atoms with E-state index in [0.717, 1.165) is 26.2 Å². The zero-order chi connectivity index (χ0) is 13.2. The Balaban J connectivity index is 1.78. The highest BCUT2D eigenvalue weighted by molar-refractivity contribution is 5.80. The third-order valence-corrected chi connectivity index (χ3v) is 4.29. The minimum Gasteiger partial charge on any atom is -0.348 e. The van der Waals surface area contributed by atoms with Gasteiger partial charge in [-0.1, -0.05) is 12.1 Å². The zero-order valence-corrected chi connectivity index (χ0v) is 11.7. The summed E-state index contributed by atoms with van der Waals surface area (Å²) in [5.41, 5.74) is 8.53. The molecule has 19 heavy (non-hydrogen) atoms. The lowest BCUT2D eigenvalue weighted by molar-refractivity contribution is 0.318. The SMILES string of the molecule is CCn1ccc2ccc(CN3CCC(CN)C3)cc21. The molecule has 102 valence electrons. The average molecular weight is 257 g/mol. The summed E-state index contributed by atoms with van der Waals surface area (Å²) in [7, 11) is 0. The molecule has 1 aliphatic rings. The van der Waals surface area contributed by atoms with Crippen LogP contribution >= 0.6 is 0 Å². The van der Waals surface area contributed by atoms with Crippen molar-refractivity contribution in [1.29, 1.82) is 0 Å². The van der Waals surface area contributed by atoms with E-state index >= 15 is 0 Å². The van der Waals surface area contributed by atoms with Crippen molar-refractivity contribution < 1.29 is 0 Å². The molecule has 2 heterocycles. The molecule has 3 rings (SSSR count). The second-order valence-corrected chi connectivity index (χ2v) is 5.62. The van der Waals surface area contributed by atoms with E-state index in [2.05, 4.69) is 46.9 Å². The maximum Gasteiger partial charge on any atom is 0.0483 e. The fraction of sp³-hybridized carbons (Fsp3) is 0.500. The number of aryl methyl sites for hydroxylation is 1. The summed E-state index contributed by atoms with van der Waals surface area (Å²) in [6, 6.07) is 9.04. The van der Waals surface area contributed by atoms with Crippen molar-refractivity contribution >= 4 is 10.9 Å². The number of fused-ring (bicyclic) bond motifs is 1. The summed E-state index contributed by atoms with van der Waals surface area (Å²) in [5, 5.41) is 1.34. The summed E-state index contributed by atoms with van der Waals surface area (Å²) >= 11 is 0. The standard InChI is InChI=1S/C16H23N3/c1-2-19-8-6-15-4-3-13(9-16(15)19)11-18-7-5-14(10-17)12-18/h3-4,6,8-9,14H,2,5,7,10-12,17H2,1H3. The van der Waals surface area contributed by atoms with Crippen LogP contribution in [0.4, 0.5) is 0 Å². The maximum absolute atomic E-state index is 5.76. The lowest BCUT2D eigenvalue weighted by atomic mass is 10.1. The molecule has 0 saturated carbocycles. The molecule has 0 aliphatic carbocycles. The Morgan fingerprint density at radius 2 is 2.21 bits per heavy atom. The molecule has 3 nitrogen and oxygen atoms in total. The van der Waals surface area contributed by atoms with Gasteiger partial charge in [0.25, 0.3) is 0 Å². The molecule has 1 aromatic carbocycles. The topological polar surface area (TPSA) is 34.2 Å². The highest BCUT2D eigenvalue weighted by Gasteiger charge is 2.21. The second kappa shape index (κ2) is 5.35. The first-order valence-corrected chi connectivity index (χ1v) is 7.30. The summed E-state index contributed by atoms with van der Waals surface area (Å²) in [4.78, 5) is 2.53. The minimum atomic E-state index is 0.697. The van der Waals surface area contributed by atoms with Gasteiger partial charge >= 0.3 is 0 Å². The van der Waals surface area contributed by atoms with E-state index in [1.165, 1.54) is 29.4 Å². The highest BCUT2D eigenvalue weighted by Crippen LogP contribution is 2.21. The second-order valence-electron chi connectivity index (χ2n) is 5.62. The van der Waals surface area contributed by atoms with Crippen molar-refractivity contribution in [2.45, 2.75) is 26.4 Å². The van der Waals surface area contributed by atoms with E-state index in [4.69, 9.17) is 5.73 Å². The number of benzene rings is 1. The van der Waals surface area contributed by atoms with Crippen molar-refractivity contribution in [3.8, 4) is 0 Å². The van der Waals surface area contributed by atoms with E-state index in [1.54, 1.807) is 0 Å². The molecular formula is C16H23N3. The molecule has 1 fully saturated rings. The Morgan fingerprint density at radius 3 is 2.95 bits per heavy atom. The van der Waals surface area contributed by atoms with Gasteiger partial charge in [-0.15, -0.1) is 0 Å². The van der Waals surface area contributed by atoms with Crippen LogP contribution in [-0.2, 0) is 13.1 Å². The van der Waals surface area contributed by atoms with Crippen molar-refractivity contribution in [2.75, 3.05) is 19.6 Å². The van der Waals surface area contributed by atoms with Crippen molar-refractivity contribution in [2.24, 2.45) is 11.7 Å². The first-order valence-electron chi connectivity index (χ1n) is 7.30. The number of nitrogens with two attached hydrogens (primary N) is 1. The fourth-order valence-corrected chi connectivity index (χ4v) is 3.11. The Labute approximate surface area is 115 Å². The third kappa shape index (κ3) is 2.53. The van der Waals surface area contributed by atoms with Crippen LogP contribution < -0.4 is 5.73 Å². The zero-order valence-electron chi connectivity index (χ0n) is 11.7. The molecule has 2 N–H and O–H groups in total. The van der Waals surface area contributed by atoms with Crippen LogP contribution in [0.3, 0.4) is 0 Å². The molecule has 1 aliphatic heterocycles. The predicted octanol–water partition coefficient (Wildman–Crippen LogP) is 2.44. The quantitative estimate of drug-likeness (QED) is 0.913. The van der Waals surface area contributed by atoms with E-state index in [-0.39, 0.29) is 0 Å². The van der Waals surface area contributed by atoms with Gasteiger partial charge in [0.15, 0.2) is 0 Å². The number of hydrogen-bond acceptors (Lipinski definition) is 2. The van der Waals surface area contributed by atoms with Gasteiger partial charge in [0.05, 0.1) is 0 Å². The Bertz CT molecular complexity index is 558. The van der Waals surface area contributed by atoms with Crippen LogP contribution in [0.5, 0.6) is 0 Å². The molecule has 0 amide bonds. The van der Waals surface area contributed by atoms with Gasteiger partial charge in [0.1, 0.15) is 0 Å². The number of hydrogen-bond donors (Lipinski definition) is 1. The molecule has 1 saturated heterocycles. The summed E-state index contributed by atoms with van der Waals surface area (Å²) in [5.74, 6) is 0.697. The van der Waals surface area contributed by atoms with Crippen LogP contribution in [0.25, 0.3) is 10.9 Å². The summed E-state index contributed by atoms with van der Waals surface area (Å²) < 4.78 is 2.31. The molecule has 1 aromatic heterocycles. The van der Waals surface area contributed by atoms with Gasteiger partial charge in [-0.25, -0.2) is 0 Å². The molecule has 3 heteroatoms. The summed E-state index contributed by atoms with van der Waals surface area (Å²) in [6.45, 7) is 7.46. The van der Waals surface area contributed by atoms with E-state index in [9.17, 15) is 0 Å². The molecule has 1 atom stereocenters. The van der Waals surface area contributed by atoms with E-state index < -0.39 is 0 Å². The van der Waals surface area contributed by atoms with Crippen molar-refractivity contribution in [3.05, 3.63) is 36.0 Å². The predicted molar refractivity (Wildman–Crippen MR) is 80.1 cm³/mol. The Hall–Kier alpha value is -1.32. The van der Waals surface area contributed by atoms with Crippen molar-refractivity contribution in [1.82, 2.24) is 9.47 Å². The third-order valence-electron chi connectivity index (χ3n) is 4.29. The molecule has 1 unspecified atom stereocenters. The fourth-order valence-electron chi connectivity index (χ4n) is 3.11. The van der Waals surface area contributed by atoms with Gasteiger partial charge in [-0.3, -0.25) is 4.90 Å². The lowest BCUT2D eigenvalue weighted by Crippen LogP contribution is -2.22. The molecular weight excluding hydrogens is 234 g/mol. The number of likely N-dealkylation sites (tertiary alicyclic amines) is 1. The van der Waals surface area contributed by atoms with Gasteiger partial charge in [-0.05, 0) is 55.4 Å². The Morgan fingerprint density at radius 1 is 1.32 bits per heavy atom. The van der Waals surface area contributed by atoms with Crippen LogP contribution in [0.2, 0.25) is 0 Å². The minimum absolute atomic E-state index is 0.697. The number of nitrogens with zero attached hydrogens (tertiary/aromatic N) is 2. The average Bonchev–Trinajstić information content (AvgIpc) is 3.04. The Kier molecular flexibility index (Phi) is 3.58. The highest BCUT2D eigenvalue weighted by atomic mass is 15.1. The van der Waals surface area contributed by atoms with Gasteiger partial charge in [-0.2, -0.15) is 0 Å². The van der Waals surface area contributed by atoms with Crippen LogP contribution in [-0.4, -0.2) is 29.1 Å². The molecule has 0 radical (unpaired) electrons. The van der Waals surface area contributed by atoms with Crippen molar-refractivity contribution in [3.63, 3.8) is 0 Å². The smallest absolute Gasteiger partial charge is 0.0483 e. The molecule has 0 spiro atoms. The van der Waals surface area contributed by atoms with Gasteiger partial charge < -0.3 is 10.3 Å². The molecule has 0 bridgehead atoms. The largest absolute Gasteiger partial charge is 0.348 e. The molecule has 2 aromatic rings. The number of aromatic nitrogens is 1. The van der Waals surface area contributed by atoms with Crippen LogP contribution in [0.15, 0.2) is 30.5 Å². The van der Waals surface area contributed by atoms with E-state index in [1.807, 2.05) is 0 Å². The van der Waals surface area contributed by atoms with E-state index in [0.29, 0.717) is 5.92 Å². The first kappa shape index (κ1) is 12.7. The number of rotatable bonds is 4. The van der Waals surface area contributed by atoms with Crippen LogP contribution in [0, 0.1) is 5.92 Å². The van der Waals surface area contributed by atoms with Gasteiger partial charge in [0.2, 0.25) is 0 Å². The van der Waals surface area contributed by atoms with Crippen LogP contribution in [0.1, 0.15) is 18.9 Å².